The molecule has 0 fully saturated rings. The summed E-state index contributed by atoms with van der Waals surface area (Å²) in [6.45, 7) is 1.92. The van der Waals surface area contributed by atoms with Crippen LogP contribution in [-0.2, 0) is 0 Å². The van der Waals surface area contributed by atoms with Crippen LogP contribution in [0.5, 0.6) is 5.75 Å². The number of hydrogen-bond donors (Lipinski definition) is 2. The molecule has 1 unspecified atom stereocenters. The monoisotopic (exact) mass is 169 g/mol. The third-order valence-corrected chi connectivity index (χ3v) is 1.90. The van der Waals surface area contributed by atoms with Crippen LogP contribution in [0.4, 0.5) is 4.39 Å². The van der Waals surface area contributed by atoms with Gasteiger partial charge in [-0.05, 0) is 31.7 Å². The number of aromatic hydroxyl groups is 1. The van der Waals surface area contributed by atoms with Crippen molar-refractivity contribution in [2.45, 2.75) is 13.0 Å². The summed E-state index contributed by atoms with van der Waals surface area (Å²) in [5.41, 5.74) is 0.827. The first-order valence-corrected chi connectivity index (χ1v) is 3.81. The molecule has 1 aromatic carbocycles. The summed E-state index contributed by atoms with van der Waals surface area (Å²) in [6, 6.07) is 4.48. The molecule has 0 radical (unpaired) electrons. The number of phenols is 1. The van der Waals surface area contributed by atoms with Gasteiger partial charge in [-0.2, -0.15) is 0 Å². The smallest absolute Gasteiger partial charge is 0.165 e. The first kappa shape index (κ1) is 9.00. The van der Waals surface area contributed by atoms with Crippen LogP contribution < -0.4 is 5.32 Å². The van der Waals surface area contributed by atoms with Gasteiger partial charge in [-0.3, -0.25) is 0 Å². The van der Waals surface area contributed by atoms with E-state index < -0.39 is 5.82 Å². The SMILES string of the molecule is CNC(C)c1ccc(O)c(F)c1. The minimum Gasteiger partial charge on any atom is -0.505 e. The van der Waals surface area contributed by atoms with Crippen LogP contribution in [0.15, 0.2) is 18.2 Å². The van der Waals surface area contributed by atoms with E-state index in [1.54, 1.807) is 13.1 Å². The third-order valence-electron chi connectivity index (χ3n) is 1.90. The van der Waals surface area contributed by atoms with Gasteiger partial charge < -0.3 is 10.4 Å². The summed E-state index contributed by atoms with van der Waals surface area (Å²) in [4.78, 5) is 0. The minimum atomic E-state index is -0.574. The van der Waals surface area contributed by atoms with E-state index in [0.29, 0.717) is 0 Å². The number of phenolic OH excluding ortho intramolecular Hbond substituents is 1. The van der Waals surface area contributed by atoms with Gasteiger partial charge in [-0.1, -0.05) is 6.07 Å². The third kappa shape index (κ3) is 1.74. The lowest BCUT2D eigenvalue weighted by molar-refractivity contribution is 0.431. The van der Waals surface area contributed by atoms with Gasteiger partial charge in [-0.15, -0.1) is 0 Å². The number of rotatable bonds is 2. The number of hydrogen-bond acceptors (Lipinski definition) is 2. The number of halogens is 1. The van der Waals surface area contributed by atoms with Crippen LogP contribution >= 0.6 is 0 Å². The van der Waals surface area contributed by atoms with Crippen LogP contribution in [0, 0.1) is 5.82 Å². The quantitative estimate of drug-likeness (QED) is 0.707. The van der Waals surface area contributed by atoms with Crippen molar-refractivity contribution < 1.29 is 9.50 Å². The molecule has 0 heterocycles. The highest BCUT2D eigenvalue weighted by molar-refractivity contribution is 5.29. The lowest BCUT2D eigenvalue weighted by Crippen LogP contribution is -2.12. The highest BCUT2D eigenvalue weighted by Crippen LogP contribution is 2.20. The summed E-state index contributed by atoms with van der Waals surface area (Å²) in [5.74, 6) is -0.878. The van der Waals surface area contributed by atoms with Crippen LogP contribution in [0.3, 0.4) is 0 Å². The molecule has 0 aliphatic rings. The Labute approximate surface area is 71.0 Å². The highest BCUT2D eigenvalue weighted by Gasteiger charge is 2.05. The van der Waals surface area contributed by atoms with Crippen molar-refractivity contribution in [1.29, 1.82) is 0 Å². The maximum Gasteiger partial charge on any atom is 0.165 e. The maximum absolute atomic E-state index is 12.8. The zero-order chi connectivity index (χ0) is 9.14. The van der Waals surface area contributed by atoms with E-state index in [4.69, 9.17) is 5.11 Å². The number of benzene rings is 1. The second-order valence-electron chi connectivity index (χ2n) is 2.72. The van der Waals surface area contributed by atoms with Crippen molar-refractivity contribution in [3.05, 3.63) is 29.6 Å². The Kier molecular flexibility index (Phi) is 2.65. The molecule has 0 aromatic heterocycles. The van der Waals surface area contributed by atoms with E-state index in [9.17, 15) is 4.39 Å². The molecule has 3 heteroatoms. The van der Waals surface area contributed by atoms with Gasteiger partial charge in [0.2, 0.25) is 0 Å². The molecule has 1 rings (SSSR count). The minimum absolute atomic E-state index is 0.0973. The highest BCUT2D eigenvalue weighted by atomic mass is 19.1. The topological polar surface area (TPSA) is 32.3 Å². The van der Waals surface area contributed by atoms with Gasteiger partial charge >= 0.3 is 0 Å². The van der Waals surface area contributed by atoms with Crippen molar-refractivity contribution in [3.63, 3.8) is 0 Å². The molecule has 0 saturated heterocycles. The first-order valence-electron chi connectivity index (χ1n) is 3.81. The first-order chi connectivity index (χ1) is 5.65. The molecule has 2 N–H and O–H groups in total. The molecule has 1 atom stereocenters. The van der Waals surface area contributed by atoms with E-state index >= 15 is 0 Å². The predicted molar refractivity (Wildman–Crippen MR) is 45.5 cm³/mol. The molecule has 0 aliphatic carbocycles. The molecule has 1 aromatic rings. The van der Waals surface area contributed by atoms with Gasteiger partial charge in [0.1, 0.15) is 0 Å². The average Bonchev–Trinajstić information content (AvgIpc) is 2.08. The Balaban J connectivity index is 2.96. The molecule has 12 heavy (non-hydrogen) atoms. The Morgan fingerprint density at radius 2 is 2.17 bits per heavy atom. The van der Waals surface area contributed by atoms with Crippen molar-refractivity contribution in [3.8, 4) is 5.75 Å². The van der Waals surface area contributed by atoms with Gasteiger partial charge in [-0.25, -0.2) is 4.39 Å². The predicted octanol–water partition coefficient (Wildman–Crippen LogP) is 1.81. The van der Waals surface area contributed by atoms with Gasteiger partial charge in [0, 0.05) is 6.04 Å². The zero-order valence-electron chi connectivity index (χ0n) is 7.13. The van der Waals surface area contributed by atoms with E-state index in [2.05, 4.69) is 5.32 Å². The van der Waals surface area contributed by atoms with E-state index in [1.807, 2.05) is 6.92 Å². The van der Waals surface area contributed by atoms with Crippen LogP contribution in [-0.4, -0.2) is 12.2 Å². The van der Waals surface area contributed by atoms with Crippen LogP contribution in [0.2, 0.25) is 0 Å². The van der Waals surface area contributed by atoms with Gasteiger partial charge in [0.15, 0.2) is 11.6 Å². The zero-order valence-corrected chi connectivity index (χ0v) is 7.13. The maximum atomic E-state index is 12.8. The Morgan fingerprint density at radius 3 is 2.67 bits per heavy atom. The lowest BCUT2D eigenvalue weighted by Gasteiger charge is -2.10. The van der Waals surface area contributed by atoms with Crippen molar-refractivity contribution in [1.82, 2.24) is 5.32 Å². The summed E-state index contributed by atoms with van der Waals surface area (Å²) in [7, 11) is 1.80. The fraction of sp³-hybridized carbons (Fsp3) is 0.333. The molecule has 0 bridgehead atoms. The summed E-state index contributed by atoms with van der Waals surface area (Å²) < 4.78 is 12.8. The largest absolute Gasteiger partial charge is 0.505 e. The Bertz CT molecular complexity index is 275. The van der Waals surface area contributed by atoms with Crippen molar-refractivity contribution in [2.75, 3.05) is 7.05 Å². The fourth-order valence-electron chi connectivity index (χ4n) is 0.959. The Hall–Kier alpha value is -1.09. The summed E-state index contributed by atoms with van der Waals surface area (Å²) >= 11 is 0. The van der Waals surface area contributed by atoms with Gasteiger partial charge in [0.05, 0.1) is 0 Å². The van der Waals surface area contributed by atoms with E-state index in [-0.39, 0.29) is 11.8 Å². The molecule has 0 aliphatic heterocycles. The normalized spacial score (nSPS) is 12.9. The van der Waals surface area contributed by atoms with E-state index in [0.717, 1.165) is 5.56 Å². The number of nitrogens with one attached hydrogen (secondary N) is 1. The molecular weight excluding hydrogens is 157 g/mol. The molecule has 0 amide bonds. The lowest BCUT2D eigenvalue weighted by atomic mass is 10.1. The fourth-order valence-corrected chi connectivity index (χ4v) is 0.959. The second kappa shape index (κ2) is 3.54. The Morgan fingerprint density at radius 1 is 1.50 bits per heavy atom. The molecular formula is C9H12FNO. The summed E-state index contributed by atoms with van der Waals surface area (Å²) in [6.07, 6.45) is 0. The van der Waals surface area contributed by atoms with Crippen LogP contribution in [0.25, 0.3) is 0 Å². The molecule has 0 saturated carbocycles. The van der Waals surface area contributed by atoms with Crippen molar-refractivity contribution in [2.24, 2.45) is 0 Å². The molecule has 66 valence electrons. The van der Waals surface area contributed by atoms with E-state index in [1.165, 1.54) is 12.1 Å². The summed E-state index contributed by atoms with van der Waals surface area (Å²) in [5, 5.41) is 11.9. The molecule has 0 spiro atoms. The standard InChI is InChI=1S/C9H12FNO/c1-6(11-2)7-3-4-9(12)8(10)5-7/h3-6,11-12H,1-2H3. The van der Waals surface area contributed by atoms with Gasteiger partial charge in [0.25, 0.3) is 0 Å². The van der Waals surface area contributed by atoms with Crippen molar-refractivity contribution >= 4 is 0 Å². The second-order valence-corrected chi connectivity index (χ2v) is 2.72. The van der Waals surface area contributed by atoms with Crippen LogP contribution in [0.1, 0.15) is 18.5 Å². The molecule has 2 nitrogen and oxygen atoms in total. The average molecular weight is 169 g/mol.